The van der Waals surface area contributed by atoms with Crippen molar-refractivity contribution in [3.8, 4) is 11.5 Å². The molecule has 0 saturated heterocycles. The number of benzene rings is 1. The molecule has 0 spiro atoms. The highest BCUT2D eigenvalue weighted by Gasteiger charge is 2.42. The van der Waals surface area contributed by atoms with Crippen molar-refractivity contribution < 1.29 is 42.9 Å². The molecule has 42 heavy (non-hydrogen) atoms. The largest absolute Gasteiger partial charge is 0.506 e. The summed E-state index contributed by atoms with van der Waals surface area (Å²) in [6, 6.07) is 5.18. The Labute approximate surface area is 249 Å². The van der Waals surface area contributed by atoms with Gasteiger partial charge in [0.1, 0.15) is 11.5 Å². The van der Waals surface area contributed by atoms with E-state index in [-0.39, 0.29) is 11.7 Å². The SMILES string of the molecule is Cc1cc(OC(COC(=O)C(C)(C)C)(COC(=O)C(C)(C)C)O[PH](=O)O)c(C)c(C)c1Cc1ccc(O)c(C(C)C)n1. The Morgan fingerprint density at radius 1 is 0.929 bits per heavy atom. The van der Waals surface area contributed by atoms with Crippen molar-refractivity contribution in [2.75, 3.05) is 13.2 Å². The maximum Gasteiger partial charge on any atom is 0.320 e. The number of carbonyl (C=O) groups is 2. The highest BCUT2D eigenvalue weighted by Crippen LogP contribution is 2.36. The van der Waals surface area contributed by atoms with Crippen LogP contribution in [0.3, 0.4) is 0 Å². The van der Waals surface area contributed by atoms with Crippen LogP contribution in [0.1, 0.15) is 94.9 Å². The molecule has 2 rings (SSSR count). The molecule has 0 bridgehead atoms. The topological polar surface area (TPSA) is 141 Å². The van der Waals surface area contributed by atoms with E-state index in [9.17, 15) is 24.2 Å². The summed E-state index contributed by atoms with van der Waals surface area (Å²) in [6.07, 6.45) is 0.497. The van der Waals surface area contributed by atoms with E-state index in [2.05, 4.69) is 4.98 Å². The number of hydrogen-bond acceptors (Lipinski definition) is 9. The molecule has 2 N–H and O–H groups in total. The molecular weight excluding hydrogens is 561 g/mol. The number of hydrogen-bond donors (Lipinski definition) is 2. The molecule has 10 nitrogen and oxygen atoms in total. The van der Waals surface area contributed by atoms with Gasteiger partial charge >= 0.3 is 20.2 Å². The first-order valence-corrected chi connectivity index (χ1v) is 15.2. The molecule has 234 valence electrons. The minimum atomic E-state index is -3.66. The minimum absolute atomic E-state index is 0.0523. The Morgan fingerprint density at radius 2 is 1.45 bits per heavy atom. The average Bonchev–Trinajstić information content (AvgIpc) is 2.86. The maximum absolute atomic E-state index is 12.6. The number of aromatic hydroxyl groups is 1. The molecule has 0 saturated carbocycles. The van der Waals surface area contributed by atoms with Crippen molar-refractivity contribution in [3.63, 3.8) is 0 Å². The second-order valence-corrected chi connectivity index (χ2v) is 13.7. The van der Waals surface area contributed by atoms with Gasteiger partial charge in [0.2, 0.25) is 0 Å². The molecule has 2 aromatic rings. The zero-order valence-corrected chi connectivity index (χ0v) is 27.6. The zero-order chi connectivity index (χ0) is 32.2. The third kappa shape index (κ3) is 9.28. The molecule has 0 aliphatic carbocycles. The van der Waals surface area contributed by atoms with Crippen molar-refractivity contribution in [3.05, 3.63) is 51.8 Å². The van der Waals surface area contributed by atoms with E-state index >= 15 is 0 Å². The quantitative estimate of drug-likeness (QED) is 0.175. The molecule has 0 fully saturated rings. The van der Waals surface area contributed by atoms with Gasteiger partial charge in [-0.25, -0.2) is 0 Å². The van der Waals surface area contributed by atoms with E-state index in [0.29, 0.717) is 23.4 Å². The van der Waals surface area contributed by atoms with E-state index in [4.69, 9.17) is 18.7 Å². The molecule has 1 aromatic carbocycles. The van der Waals surface area contributed by atoms with E-state index in [0.717, 1.165) is 22.4 Å². The number of aryl methyl sites for hydroxylation is 1. The lowest BCUT2D eigenvalue weighted by molar-refractivity contribution is -0.206. The molecule has 0 radical (unpaired) electrons. The molecule has 1 unspecified atom stereocenters. The van der Waals surface area contributed by atoms with Crippen molar-refractivity contribution in [1.82, 2.24) is 4.98 Å². The molecular formula is C31H46NO9P. The third-order valence-electron chi connectivity index (χ3n) is 6.71. The van der Waals surface area contributed by atoms with Crippen LogP contribution in [0, 0.1) is 31.6 Å². The van der Waals surface area contributed by atoms with Crippen molar-refractivity contribution in [2.24, 2.45) is 10.8 Å². The smallest absolute Gasteiger partial charge is 0.320 e. The lowest BCUT2D eigenvalue weighted by Crippen LogP contribution is -2.49. The molecule has 1 aromatic heterocycles. The Morgan fingerprint density at radius 3 is 1.90 bits per heavy atom. The molecule has 11 heteroatoms. The number of carbonyl (C=O) groups excluding carboxylic acids is 2. The van der Waals surface area contributed by atoms with E-state index in [1.165, 1.54) is 0 Å². The predicted octanol–water partition coefficient (Wildman–Crippen LogP) is 6.08. The first kappa shape index (κ1) is 35.3. The van der Waals surface area contributed by atoms with Gasteiger partial charge in [-0.1, -0.05) is 13.8 Å². The number of esters is 2. The van der Waals surface area contributed by atoms with Crippen LogP contribution in [0.2, 0.25) is 0 Å². The summed E-state index contributed by atoms with van der Waals surface area (Å²) in [5, 5.41) is 10.2. The van der Waals surface area contributed by atoms with E-state index in [1.807, 2.05) is 34.6 Å². The molecule has 1 heterocycles. The standard InChI is InChI=1S/C31H46NO9P/c1-18(2)26-24(33)13-12-22(32-26)15-23-19(3)14-25(21(5)20(23)4)40-31(41-42(36)37,16-38-27(34)29(6,7)8)17-39-28(35)30(9,10)11/h12-14,18,33,42H,15-17H2,1-11H3,(H,36,37). The lowest BCUT2D eigenvalue weighted by atomic mass is 9.93. The zero-order valence-electron chi connectivity index (χ0n) is 26.6. The molecule has 0 aliphatic heterocycles. The third-order valence-corrected chi connectivity index (χ3v) is 7.26. The van der Waals surface area contributed by atoms with Crippen LogP contribution in [0.4, 0.5) is 0 Å². The minimum Gasteiger partial charge on any atom is -0.506 e. The fourth-order valence-electron chi connectivity index (χ4n) is 4.01. The van der Waals surface area contributed by atoms with Crippen LogP contribution in [-0.4, -0.2) is 45.9 Å². The van der Waals surface area contributed by atoms with Crippen molar-refractivity contribution in [1.29, 1.82) is 0 Å². The summed E-state index contributed by atoms with van der Waals surface area (Å²) in [5.74, 6) is -2.78. The second kappa shape index (κ2) is 13.6. The lowest BCUT2D eigenvalue weighted by Gasteiger charge is -2.34. The van der Waals surface area contributed by atoms with E-state index < -0.39 is 50.0 Å². The Bertz CT molecular complexity index is 1290. The van der Waals surface area contributed by atoms with Crippen LogP contribution >= 0.6 is 8.25 Å². The average molecular weight is 608 g/mol. The van der Waals surface area contributed by atoms with Crippen LogP contribution in [0.5, 0.6) is 11.5 Å². The van der Waals surface area contributed by atoms with E-state index in [1.54, 1.807) is 59.7 Å². The van der Waals surface area contributed by atoms with Crippen LogP contribution < -0.4 is 4.74 Å². The van der Waals surface area contributed by atoms with Gasteiger partial charge in [-0.3, -0.25) is 23.7 Å². The van der Waals surface area contributed by atoms with Gasteiger partial charge in [-0.05, 0) is 109 Å². The van der Waals surface area contributed by atoms with Gasteiger partial charge < -0.3 is 24.2 Å². The summed E-state index contributed by atoms with van der Waals surface area (Å²) < 4.78 is 34.6. The highest BCUT2D eigenvalue weighted by atomic mass is 31.1. The number of nitrogens with zero attached hydrogens (tertiary/aromatic N) is 1. The number of aromatic nitrogens is 1. The fourth-order valence-corrected chi connectivity index (χ4v) is 4.49. The van der Waals surface area contributed by atoms with Gasteiger partial charge in [0, 0.05) is 12.1 Å². The van der Waals surface area contributed by atoms with Crippen LogP contribution in [0.15, 0.2) is 18.2 Å². The van der Waals surface area contributed by atoms with Gasteiger partial charge in [0.25, 0.3) is 5.79 Å². The summed E-state index contributed by atoms with van der Waals surface area (Å²) in [6.45, 7) is 18.3. The first-order chi connectivity index (χ1) is 19.2. The van der Waals surface area contributed by atoms with Crippen molar-refractivity contribution >= 4 is 20.2 Å². The van der Waals surface area contributed by atoms with Gasteiger partial charge in [0.15, 0.2) is 13.2 Å². The number of ether oxygens (including phenoxy) is 3. The summed E-state index contributed by atoms with van der Waals surface area (Å²) in [5.41, 5.74) is 3.09. The maximum atomic E-state index is 12.6. The van der Waals surface area contributed by atoms with Crippen LogP contribution in [-0.2, 0) is 34.6 Å². The number of pyridine rings is 1. The Balaban J connectivity index is 2.54. The van der Waals surface area contributed by atoms with Gasteiger partial charge in [-0.2, -0.15) is 0 Å². The predicted molar refractivity (Wildman–Crippen MR) is 160 cm³/mol. The second-order valence-electron chi connectivity index (χ2n) is 13.0. The summed E-state index contributed by atoms with van der Waals surface area (Å²) in [7, 11) is -3.66. The summed E-state index contributed by atoms with van der Waals surface area (Å²) in [4.78, 5) is 39.7. The first-order valence-electron chi connectivity index (χ1n) is 13.9. The summed E-state index contributed by atoms with van der Waals surface area (Å²) >= 11 is 0. The molecule has 0 amide bonds. The normalized spacial score (nSPS) is 13.2. The molecule has 0 aliphatic rings. The van der Waals surface area contributed by atoms with Crippen molar-refractivity contribution in [2.45, 2.75) is 94.3 Å². The number of rotatable bonds is 11. The highest BCUT2D eigenvalue weighted by molar-refractivity contribution is 7.32. The fraction of sp³-hybridized carbons (Fsp3) is 0.581. The molecule has 1 atom stereocenters. The Kier molecular flexibility index (Phi) is 11.4. The van der Waals surface area contributed by atoms with Gasteiger partial charge in [0.05, 0.1) is 16.5 Å². The monoisotopic (exact) mass is 607 g/mol. The Hall–Kier alpha value is -2.94. The van der Waals surface area contributed by atoms with Gasteiger partial charge in [-0.15, -0.1) is 0 Å². The van der Waals surface area contributed by atoms with Crippen LogP contribution in [0.25, 0.3) is 0 Å².